The molecule has 0 unspecified atom stereocenters. The Kier molecular flexibility index (Phi) is 7.46. The maximum atomic E-state index is 12.4. The molecule has 1 fully saturated rings. The van der Waals surface area contributed by atoms with Crippen LogP contribution < -0.4 is 10.2 Å². The van der Waals surface area contributed by atoms with Gasteiger partial charge in [0.1, 0.15) is 11.6 Å². The maximum Gasteiger partial charge on any atom is 0.251 e. The second-order valence-electron chi connectivity index (χ2n) is 8.39. The zero-order chi connectivity index (χ0) is 24.1. The zero-order valence-electron chi connectivity index (χ0n) is 19.7. The van der Waals surface area contributed by atoms with Gasteiger partial charge in [0.25, 0.3) is 5.91 Å². The van der Waals surface area contributed by atoms with Crippen molar-refractivity contribution >= 4 is 22.8 Å². The number of imidazole rings is 1. The third kappa shape index (κ3) is 4.76. The third-order valence-corrected chi connectivity index (χ3v) is 6.20. The lowest BCUT2D eigenvalue weighted by atomic mass is 10.2. The zero-order valence-corrected chi connectivity index (χ0v) is 19.7. The second-order valence-corrected chi connectivity index (χ2v) is 8.39. The van der Waals surface area contributed by atoms with Crippen LogP contribution >= 0.6 is 0 Å². The topological polar surface area (TPSA) is 92.5 Å². The van der Waals surface area contributed by atoms with E-state index < -0.39 is 0 Å². The molecule has 1 amide bonds. The lowest BCUT2D eigenvalue weighted by molar-refractivity contribution is 0.0945. The molecule has 178 valence electrons. The van der Waals surface area contributed by atoms with Crippen LogP contribution in [0, 0.1) is 12.3 Å². The van der Waals surface area contributed by atoms with Gasteiger partial charge in [0.2, 0.25) is 0 Å². The van der Waals surface area contributed by atoms with Gasteiger partial charge in [-0.2, -0.15) is 0 Å². The van der Waals surface area contributed by atoms with Gasteiger partial charge in [-0.05, 0) is 57.0 Å². The first-order chi connectivity index (χ1) is 16.6. The van der Waals surface area contributed by atoms with Gasteiger partial charge in [0, 0.05) is 43.1 Å². The van der Waals surface area contributed by atoms with Gasteiger partial charge in [0.05, 0.1) is 30.3 Å². The van der Waals surface area contributed by atoms with Crippen molar-refractivity contribution in [2.24, 2.45) is 0 Å². The van der Waals surface area contributed by atoms with Gasteiger partial charge in [-0.15, -0.1) is 6.42 Å². The molecule has 3 aromatic rings. The summed E-state index contributed by atoms with van der Waals surface area (Å²) < 4.78 is 7.69. The van der Waals surface area contributed by atoms with E-state index in [-0.39, 0.29) is 25.1 Å². The molecule has 2 atom stereocenters. The highest BCUT2D eigenvalue weighted by Gasteiger charge is 2.30. The standard InChI is InChI=1S/C26H31N5O3/c1-4-21-9-6-18(3)31(21)24-11-8-20(17-28-24)25-29-22-16-19(26(33)27-12-14-32)7-10-23(22)30(25)13-15-34-5-2/h1,7-8,10-11,16-18,21,32H,5-6,9,12-15H2,2-3H3,(H,27,33)/t18-,21-/m0/s1. The summed E-state index contributed by atoms with van der Waals surface area (Å²) >= 11 is 0. The highest BCUT2D eigenvalue weighted by atomic mass is 16.5. The number of ether oxygens (including phenoxy) is 1. The molecule has 8 nitrogen and oxygen atoms in total. The van der Waals surface area contributed by atoms with Crippen molar-refractivity contribution in [3.05, 3.63) is 42.1 Å². The van der Waals surface area contributed by atoms with Gasteiger partial charge < -0.3 is 24.6 Å². The number of aliphatic hydroxyl groups is 1. The molecular weight excluding hydrogens is 430 g/mol. The minimum atomic E-state index is -0.241. The van der Waals surface area contributed by atoms with Crippen molar-refractivity contribution in [1.29, 1.82) is 0 Å². The maximum absolute atomic E-state index is 12.4. The molecule has 1 aliphatic heterocycles. The molecule has 1 aromatic carbocycles. The molecule has 1 saturated heterocycles. The number of fused-ring (bicyclic) bond motifs is 1. The first kappa shape index (κ1) is 23.7. The Labute approximate surface area is 200 Å². The van der Waals surface area contributed by atoms with Crippen LogP contribution in [0.5, 0.6) is 0 Å². The summed E-state index contributed by atoms with van der Waals surface area (Å²) in [4.78, 5) is 24.1. The number of anilines is 1. The molecular formula is C26H31N5O3. The number of carbonyl (C=O) groups is 1. The van der Waals surface area contributed by atoms with Crippen molar-refractivity contribution < 1.29 is 14.6 Å². The largest absolute Gasteiger partial charge is 0.395 e. The van der Waals surface area contributed by atoms with E-state index in [2.05, 4.69) is 27.6 Å². The second kappa shape index (κ2) is 10.7. The van der Waals surface area contributed by atoms with E-state index in [4.69, 9.17) is 26.2 Å². The Morgan fingerprint density at radius 3 is 2.88 bits per heavy atom. The van der Waals surface area contributed by atoms with Gasteiger partial charge in [-0.1, -0.05) is 5.92 Å². The Morgan fingerprint density at radius 1 is 1.32 bits per heavy atom. The number of terminal acetylenes is 1. The molecule has 34 heavy (non-hydrogen) atoms. The van der Waals surface area contributed by atoms with E-state index in [1.54, 1.807) is 12.1 Å². The fourth-order valence-electron chi connectivity index (χ4n) is 4.49. The van der Waals surface area contributed by atoms with Crippen LogP contribution in [0.15, 0.2) is 36.5 Å². The van der Waals surface area contributed by atoms with Crippen LogP contribution in [0.25, 0.3) is 22.4 Å². The number of hydrogen-bond acceptors (Lipinski definition) is 6. The van der Waals surface area contributed by atoms with Crippen LogP contribution in [0.3, 0.4) is 0 Å². The average molecular weight is 462 g/mol. The normalized spacial score (nSPS) is 17.8. The fourth-order valence-corrected chi connectivity index (χ4v) is 4.49. The lowest BCUT2D eigenvalue weighted by Crippen LogP contribution is -2.34. The predicted octanol–water partition coefficient (Wildman–Crippen LogP) is 2.85. The lowest BCUT2D eigenvalue weighted by Gasteiger charge is -2.26. The van der Waals surface area contributed by atoms with Crippen molar-refractivity contribution in [1.82, 2.24) is 19.9 Å². The molecule has 8 heteroatoms. The minimum absolute atomic E-state index is 0.0690. The number of aliphatic hydroxyl groups excluding tert-OH is 1. The number of hydrogen-bond donors (Lipinski definition) is 2. The molecule has 2 aromatic heterocycles. The third-order valence-electron chi connectivity index (χ3n) is 6.20. The molecule has 0 spiro atoms. The number of amides is 1. The van der Waals surface area contributed by atoms with E-state index in [0.29, 0.717) is 36.9 Å². The summed E-state index contributed by atoms with van der Waals surface area (Å²) in [5.74, 6) is 4.28. The summed E-state index contributed by atoms with van der Waals surface area (Å²) in [6.45, 7) is 6.06. The first-order valence-electron chi connectivity index (χ1n) is 11.7. The number of aromatic nitrogens is 3. The molecule has 0 aliphatic carbocycles. The Bertz CT molecular complexity index is 1180. The Morgan fingerprint density at radius 2 is 2.18 bits per heavy atom. The number of nitrogens with one attached hydrogen (secondary N) is 1. The number of pyridine rings is 1. The minimum Gasteiger partial charge on any atom is -0.395 e. The van der Waals surface area contributed by atoms with Crippen molar-refractivity contribution in [2.75, 3.05) is 31.3 Å². The summed E-state index contributed by atoms with van der Waals surface area (Å²) in [5, 5.41) is 11.7. The highest BCUT2D eigenvalue weighted by Crippen LogP contribution is 2.31. The average Bonchev–Trinajstić information content (AvgIpc) is 3.42. The van der Waals surface area contributed by atoms with E-state index in [9.17, 15) is 4.79 Å². The van der Waals surface area contributed by atoms with Gasteiger partial charge in [-0.25, -0.2) is 9.97 Å². The summed E-state index contributed by atoms with van der Waals surface area (Å²) in [7, 11) is 0. The van der Waals surface area contributed by atoms with Gasteiger partial charge >= 0.3 is 0 Å². The summed E-state index contributed by atoms with van der Waals surface area (Å²) in [6.07, 6.45) is 9.60. The fraction of sp³-hybridized carbons (Fsp3) is 0.423. The monoisotopic (exact) mass is 461 g/mol. The molecule has 0 radical (unpaired) electrons. The van der Waals surface area contributed by atoms with E-state index in [1.807, 2.05) is 31.3 Å². The number of nitrogens with zero attached hydrogens (tertiary/aromatic N) is 4. The molecule has 2 N–H and O–H groups in total. The number of benzene rings is 1. The van der Waals surface area contributed by atoms with Gasteiger partial charge in [-0.3, -0.25) is 4.79 Å². The predicted molar refractivity (Wildman–Crippen MR) is 133 cm³/mol. The van der Waals surface area contributed by atoms with Crippen LogP contribution in [0.4, 0.5) is 5.82 Å². The van der Waals surface area contributed by atoms with Crippen LogP contribution in [0.1, 0.15) is 37.0 Å². The van der Waals surface area contributed by atoms with Crippen LogP contribution in [0.2, 0.25) is 0 Å². The van der Waals surface area contributed by atoms with E-state index >= 15 is 0 Å². The molecule has 0 bridgehead atoms. The Hall–Kier alpha value is -3.41. The molecule has 4 rings (SSSR count). The van der Waals surface area contributed by atoms with Crippen molar-refractivity contribution in [2.45, 2.75) is 45.3 Å². The molecule has 1 aliphatic rings. The van der Waals surface area contributed by atoms with Crippen molar-refractivity contribution in [3.8, 4) is 23.7 Å². The Balaban J connectivity index is 1.69. The van der Waals surface area contributed by atoms with Crippen molar-refractivity contribution in [3.63, 3.8) is 0 Å². The number of rotatable bonds is 9. The highest BCUT2D eigenvalue weighted by molar-refractivity contribution is 5.97. The molecule has 3 heterocycles. The molecule has 0 saturated carbocycles. The van der Waals surface area contributed by atoms with E-state index in [0.717, 1.165) is 35.6 Å². The van der Waals surface area contributed by atoms with Crippen LogP contribution in [-0.4, -0.2) is 64.0 Å². The number of carbonyl (C=O) groups excluding carboxylic acids is 1. The van der Waals surface area contributed by atoms with Crippen LogP contribution in [-0.2, 0) is 11.3 Å². The SMILES string of the molecule is C#C[C@H]1CC[C@H](C)N1c1ccc(-c2nc3cc(C(=O)NCCO)ccc3n2CCOCC)cn1. The first-order valence-corrected chi connectivity index (χ1v) is 11.7. The van der Waals surface area contributed by atoms with E-state index in [1.165, 1.54) is 0 Å². The quantitative estimate of drug-likeness (QED) is 0.376. The smallest absolute Gasteiger partial charge is 0.251 e. The van der Waals surface area contributed by atoms with Gasteiger partial charge in [0.15, 0.2) is 0 Å². The summed E-state index contributed by atoms with van der Waals surface area (Å²) in [5.41, 5.74) is 3.01. The summed E-state index contributed by atoms with van der Waals surface area (Å²) in [6, 6.07) is 9.89.